The first kappa shape index (κ1) is 13.7. The normalized spacial score (nSPS) is 16.7. The Labute approximate surface area is 103 Å². The highest BCUT2D eigenvalue weighted by molar-refractivity contribution is 5.84. The van der Waals surface area contributed by atoms with Crippen molar-refractivity contribution in [3.05, 3.63) is 12.7 Å². The minimum Gasteiger partial charge on any atom is -0.339 e. The van der Waals surface area contributed by atoms with Gasteiger partial charge in [-0.15, -0.1) is 6.58 Å². The molecule has 5 heteroatoms. The minimum atomic E-state index is -0.0904. The summed E-state index contributed by atoms with van der Waals surface area (Å²) in [5.74, 6) is -0.0671. The maximum atomic E-state index is 12.0. The van der Waals surface area contributed by atoms with Gasteiger partial charge in [0, 0.05) is 39.6 Å². The van der Waals surface area contributed by atoms with Crippen molar-refractivity contribution in [2.45, 2.75) is 6.92 Å². The number of amides is 2. The Balaban J connectivity index is 2.46. The number of nitrogens with zero attached hydrogens (tertiary/aromatic N) is 3. The van der Waals surface area contributed by atoms with Crippen molar-refractivity contribution in [2.24, 2.45) is 0 Å². The van der Waals surface area contributed by atoms with Gasteiger partial charge in [0.2, 0.25) is 11.8 Å². The third-order valence-corrected chi connectivity index (χ3v) is 2.98. The Bertz CT molecular complexity index is 296. The van der Waals surface area contributed by atoms with Crippen molar-refractivity contribution in [3.8, 4) is 0 Å². The molecule has 0 aromatic carbocycles. The number of likely N-dealkylation sites (N-methyl/N-ethyl adjacent to an activating group) is 1. The molecular weight excluding hydrogens is 218 g/mol. The van der Waals surface area contributed by atoms with Gasteiger partial charge in [0.15, 0.2) is 0 Å². The Kier molecular flexibility index (Phi) is 5.15. The van der Waals surface area contributed by atoms with Gasteiger partial charge in [0.25, 0.3) is 0 Å². The molecule has 0 atom stereocenters. The van der Waals surface area contributed by atoms with Gasteiger partial charge in [0.1, 0.15) is 6.54 Å². The molecule has 1 heterocycles. The predicted octanol–water partition coefficient (Wildman–Crippen LogP) is -0.205. The molecule has 1 saturated heterocycles. The van der Waals surface area contributed by atoms with Gasteiger partial charge in [-0.25, -0.2) is 0 Å². The molecule has 0 spiro atoms. The second-order valence-electron chi connectivity index (χ2n) is 4.37. The Morgan fingerprint density at radius 2 is 1.88 bits per heavy atom. The molecule has 0 unspecified atom stereocenters. The van der Waals surface area contributed by atoms with Gasteiger partial charge < -0.3 is 14.7 Å². The third kappa shape index (κ3) is 4.19. The number of hydrogen-bond acceptors (Lipinski definition) is 3. The van der Waals surface area contributed by atoms with E-state index in [4.69, 9.17) is 0 Å². The monoisotopic (exact) mass is 239 g/mol. The van der Waals surface area contributed by atoms with E-state index in [1.807, 2.05) is 11.9 Å². The number of carbonyl (C=O) groups excluding carboxylic acids is 2. The lowest BCUT2D eigenvalue weighted by Gasteiger charge is -2.33. The van der Waals surface area contributed by atoms with Crippen LogP contribution in [0.25, 0.3) is 0 Å². The molecule has 2 amide bonds. The van der Waals surface area contributed by atoms with Crippen LogP contribution in [0.5, 0.6) is 0 Å². The molecule has 96 valence electrons. The zero-order chi connectivity index (χ0) is 12.8. The van der Waals surface area contributed by atoms with Crippen LogP contribution >= 0.6 is 0 Å². The van der Waals surface area contributed by atoms with E-state index in [-0.39, 0.29) is 18.4 Å². The highest BCUT2D eigenvalue weighted by Crippen LogP contribution is 2.01. The Morgan fingerprint density at radius 1 is 1.29 bits per heavy atom. The van der Waals surface area contributed by atoms with Crippen LogP contribution in [0, 0.1) is 0 Å². The lowest BCUT2D eigenvalue weighted by Crippen LogP contribution is -2.50. The molecule has 0 aromatic rings. The quantitative estimate of drug-likeness (QED) is 0.638. The summed E-state index contributed by atoms with van der Waals surface area (Å²) < 4.78 is 0. The molecule has 1 fully saturated rings. The highest BCUT2D eigenvalue weighted by atomic mass is 16.2. The smallest absolute Gasteiger partial charge is 0.242 e. The zero-order valence-electron chi connectivity index (χ0n) is 10.7. The van der Waals surface area contributed by atoms with Crippen LogP contribution in [0.1, 0.15) is 6.92 Å². The summed E-state index contributed by atoms with van der Waals surface area (Å²) >= 11 is 0. The highest BCUT2D eigenvalue weighted by Gasteiger charge is 2.21. The van der Waals surface area contributed by atoms with Gasteiger partial charge >= 0.3 is 0 Å². The van der Waals surface area contributed by atoms with E-state index in [9.17, 15) is 9.59 Å². The van der Waals surface area contributed by atoms with Crippen LogP contribution in [0.15, 0.2) is 12.7 Å². The standard InChI is InChI=1S/C12H21N3O2/c1-4-5-15(11(2)16)10-12(17)14-8-6-13(3)7-9-14/h4H,1,5-10H2,2-3H3. The van der Waals surface area contributed by atoms with Gasteiger partial charge in [0.05, 0.1) is 0 Å². The molecule has 0 N–H and O–H groups in total. The lowest BCUT2D eigenvalue weighted by atomic mass is 10.3. The average Bonchev–Trinajstić information content (AvgIpc) is 2.29. The summed E-state index contributed by atoms with van der Waals surface area (Å²) in [7, 11) is 2.04. The number of hydrogen-bond donors (Lipinski definition) is 0. The minimum absolute atomic E-state index is 0.0233. The van der Waals surface area contributed by atoms with Crippen LogP contribution in [-0.4, -0.2) is 72.8 Å². The fourth-order valence-electron chi connectivity index (χ4n) is 1.78. The van der Waals surface area contributed by atoms with Crippen LogP contribution in [-0.2, 0) is 9.59 Å². The Morgan fingerprint density at radius 3 is 2.35 bits per heavy atom. The number of piperazine rings is 1. The molecule has 0 saturated carbocycles. The second kappa shape index (κ2) is 6.39. The molecule has 0 aromatic heterocycles. The van der Waals surface area contributed by atoms with Gasteiger partial charge in [-0.3, -0.25) is 9.59 Å². The molecule has 5 nitrogen and oxygen atoms in total. The maximum Gasteiger partial charge on any atom is 0.242 e. The van der Waals surface area contributed by atoms with Crippen molar-refractivity contribution in [1.82, 2.24) is 14.7 Å². The third-order valence-electron chi connectivity index (χ3n) is 2.98. The topological polar surface area (TPSA) is 43.9 Å². The first-order valence-electron chi connectivity index (χ1n) is 5.87. The van der Waals surface area contributed by atoms with E-state index in [0.717, 1.165) is 26.2 Å². The first-order chi connectivity index (χ1) is 8.04. The van der Waals surface area contributed by atoms with Crippen molar-refractivity contribution in [1.29, 1.82) is 0 Å². The van der Waals surface area contributed by atoms with E-state index < -0.39 is 0 Å². The molecule has 1 aliphatic heterocycles. The molecule has 1 aliphatic rings. The van der Waals surface area contributed by atoms with Crippen molar-refractivity contribution in [2.75, 3.05) is 46.3 Å². The Hall–Kier alpha value is -1.36. The second-order valence-corrected chi connectivity index (χ2v) is 4.37. The summed E-state index contributed by atoms with van der Waals surface area (Å²) in [4.78, 5) is 28.8. The molecule has 17 heavy (non-hydrogen) atoms. The first-order valence-corrected chi connectivity index (χ1v) is 5.87. The predicted molar refractivity (Wildman–Crippen MR) is 66.5 cm³/mol. The summed E-state index contributed by atoms with van der Waals surface area (Å²) in [5.41, 5.74) is 0. The largest absolute Gasteiger partial charge is 0.339 e. The summed E-state index contributed by atoms with van der Waals surface area (Å²) in [6, 6.07) is 0. The molecule has 0 radical (unpaired) electrons. The van der Waals surface area contributed by atoms with Gasteiger partial charge in [-0.1, -0.05) is 6.08 Å². The molecule has 0 aliphatic carbocycles. The van der Waals surface area contributed by atoms with Crippen LogP contribution < -0.4 is 0 Å². The SMILES string of the molecule is C=CCN(CC(=O)N1CCN(C)CC1)C(C)=O. The number of carbonyl (C=O) groups is 2. The fraction of sp³-hybridized carbons (Fsp3) is 0.667. The van der Waals surface area contributed by atoms with Gasteiger partial charge in [-0.2, -0.15) is 0 Å². The maximum absolute atomic E-state index is 12.0. The summed E-state index contributed by atoms with van der Waals surface area (Å²) in [6.07, 6.45) is 1.64. The molecule has 1 rings (SSSR count). The van der Waals surface area contributed by atoms with E-state index in [1.54, 1.807) is 6.08 Å². The van der Waals surface area contributed by atoms with Crippen LogP contribution in [0.2, 0.25) is 0 Å². The molecule has 0 bridgehead atoms. The van der Waals surface area contributed by atoms with E-state index in [0.29, 0.717) is 6.54 Å². The van der Waals surface area contributed by atoms with E-state index in [1.165, 1.54) is 11.8 Å². The van der Waals surface area contributed by atoms with Crippen LogP contribution in [0.3, 0.4) is 0 Å². The number of rotatable bonds is 4. The van der Waals surface area contributed by atoms with E-state index in [2.05, 4.69) is 11.5 Å². The van der Waals surface area contributed by atoms with Crippen molar-refractivity contribution >= 4 is 11.8 Å². The van der Waals surface area contributed by atoms with Crippen molar-refractivity contribution < 1.29 is 9.59 Å². The lowest BCUT2D eigenvalue weighted by molar-refractivity contribution is -0.140. The van der Waals surface area contributed by atoms with Crippen molar-refractivity contribution in [3.63, 3.8) is 0 Å². The van der Waals surface area contributed by atoms with Gasteiger partial charge in [-0.05, 0) is 7.05 Å². The zero-order valence-corrected chi connectivity index (χ0v) is 10.7. The summed E-state index contributed by atoms with van der Waals surface area (Å²) in [5, 5.41) is 0. The molecular formula is C12H21N3O2. The van der Waals surface area contributed by atoms with E-state index >= 15 is 0 Å². The average molecular weight is 239 g/mol. The summed E-state index contributed by atoms with van der Waals surface area (Å²) in [6.45, 7) is 8.93. The fourth-order valence-corrected chi connectivity index (χ4v) is 1.78. The van der Waals surface area contributed by atoms with Crippen LogP contribution in [0.4, 0.5) is 0 Å².